The van der Waals surface area contributed by atoms with Crippen molar-refractivity contribution in [2.75, 3.05) is 13.7 Å². The summed E-state index contributed by atoms with van der Waals surface area (Å²) in [5, 5.41) is 9.90. The number of aliphatic hydroxyl groups excluding tert-OH is 1. The Hall–Kier alpha value is -0.770. The molecule has 84 valence electrons. The van der Waals surface area contributed by atoms with Gasteiger partial charge in [0.25, 0.3) is 0 Å². The van der Waals surface area contributed by atoms with E-state index in [4.69, 9.17) is 22.1 Å². The van der Waals surface area contributed by atoms with Gasteiger partial charge in [0.1, 0.15) is 5.75 Å². The minimum atomic E-state index is -0.439. The summed E-state index contributed by atoms with van der Waals surface area (Å²) in [5.41, 5.74) is 6.39. The van der Waals surface area contributed by atoms with Crippen LogP contribution in [0.25, 0.3) is 0 Å². The molecular weight excluding hydrogens is 214 g/mol. The number of aliphatic hydroxyl groups is 1. The lowest BCUT2D eigenvalue weighted by molar-refractivity contribution is 0.173. The van der Waals surface area contributed by atoms with Crippen LogP contribution in [-0.4, -0.2) is 24.9 Å². The highest BCUT2D eigenvalue weighted by atomic mass is 35.5. The van der Waals surface area contributed by atoms with Crippen LogP contribution in [-0.2, 0) is 6.42 Å². The highest BCUT2D eigenvalue weighted by Gasteiger charge is 2.04. The zero-order chi connectivity index (χ0) is 11.3. The van der Waals surface area contributed by atoms with Gasteiger partial charge >= 0.3 is 0 Å². The summed E-state index contributed by atoms with van der Waals surface area (Å²) in [5.74, 6) is 0.666. The Morgan fingerprint density at radius 1 is 1.53 bits per heavy atom. The van der Waals surface area contributed by atoms with Crippen LogP contribution >= 0.6 is 11.6 Å². The van der Waals surface area contributed by atoms with Crippen LogP contribution in [0, 0.1) is 0 Å². The molecule has 4 heteroatoms. The molecule has 0 saturated heterocycles. The van der Waals surface area contributed by atoms with E-state index < -0.39 is 6.10 Å². The molecule has 0 aliphatic carbocycles. The molecular formula is C11H16ClNO2. The Balaban J connectivity index is 2.59. The van der Waals surface area contributed by atoms with Crippen LogP contribution < -0.4 is 10.5 Å². The third-order valence-electron chi connectivity index (χ3n) is 2.25. The molecule has 1 aromatic rings. The average Bonchev–Trinajstić information content (AvgIpc) is 2.26. The van der Waals surface area contributed by atoms with E-state index in [2.05, 4.69) is 0 Å². The lowest BCUT2D eigenvalue weighted by Crippen LogP contribution is -2.20. The fourth-order valence-electron chi connectivity index (χ4n) is 1.32. The fourth-order valence-corrected chi connectivity index (χ4v) is 1.60. The Labute approximate surface area is 94.8 Å². The number of rotatable bonds is 5. The molecule has 1 unspecified atom stereocenters. The Bertz CT molecular complexity index is 317. The predicted molar refractivity (Wildman–Crippen MR) is 61.4 cm³/mol. The van der Waals surface area contributed by atoms with Crippen molar-refractivity contribution in [1.29, 1.82) is 0 Å². The van der Waals surface area contributed by atoms with Gasteiger partial charge in [0.2, 0.25) is 0 Å². The summed E-state index contributed by atoms with van der Waals surface area (Å²) in [6.45, 7) is 0.296. The van der Waals surface area contributed by atoms with Crippen molar-refractivity contribution >= 4 is 11.6 Å². The quantitative estimate of drug-likeness (QED) is 0.807. The minimum Gasteiger partial charge on any atom is -0.495 e. The molecule has 15 heavy (non-hydrogen) atoms. The van der Waals surface area contributed by atoms with E-state index in [-0.39, 0.29) is 0 Å². The predicted octanol–water partition coefficient (Wildman–Crippen LogP) is 1.60. The molecule has 0 aliphatic rings. The van der Waals surface area contributed by atoms with Gasteiger partial charge in [-0.3, -0.25) is 0 Å². The molecule has 0 fully saturated rings. The number of hydrogen-bond donors (Lipinski definition) is 2. The molecule has 1 aromatic carbocycles. The number of hydrogen-bond acceptors (Lipinski definition) is 3. The monoisotopic (exact) mass is 229 g/mol. The summed E-state index contributed by atoms with van der Waals surface area (Å²) in [6.07, 6.45) is 0.979. The third-order valence-corrected chi connectivity index (χ3v) is 2.55. The molecule has 0 aromatic heterocycles. The van der Waals surface area contributed by atoms with Crippen LogP contribution in [0.15, 0.2) is 18.2 Å². The van der Waals surface area contributed by atoms with Gasteiger partial charge in [-0.1, -0.05) is 17.7 Å². The number of ether oxygens (including phenoxy) is 1. The van der Waals surface area contributed by atoms with Crippen LogP contribution in [0.2, 0.25) is 5.02 Å². The van der Waals surface area contributed by atoms with Crippen molar-refractivity contribution in [2.45, 2.75) is 18.9 Å². The van der Waals surface area contributed by atoms with Crippen LogP contribution in [0.5, 0.6) is 5.75 Å². The second-order valence-electron chi connectivity index (χ2n) is 3.40. The largest absolute Gasteiger partial charge is 0.495 e. The maximum atomic E-state index is 9.31. The Morgan fingerprint density at radius 3 is 2.80 bits per heavy atom. The average molecular weight is 230 g/mol. The van der Waals surface area contributed by atoms with Crippen LogP contribution in [0.4, 0.5) is 0 Å². The Kier molecular flexibility index (Phi) is 4.88. The normalized spacial score (nSPS) is 12.5. The van der Waals surface area contributed by atoms with Gasteiger partial charge in [-0.05, 0) is 30.5 Å². The van der Waals surface area contributed by atoms with Crippen molar-refractivity contribution in [3.63, 3.8) is 0 Å². The number of methoxy groups -OCH3 is 1. The molecule has 3 nitrogen and oxygen atoms in total. The first-order valence-electron chi connectivity index (χ1n) is 4.88. The second kappa shape index (κ2) is 5.95. The lowest BCUT2D eigenvalue weighted by Gasteiger charge is -2.08. The Morgan fingerprint density at radius 2 is 2.27 bits per heavy atom. The number of benzene rings is 1. The van der Waals surface area contributed by atoms with Gasteiger partial charge in [-0.25, -0.2) is 0 Å². The molecule has 0 spiro atoms. The molecule has 0 saturated carbocycles. The highest BCUT2D eigenvalue weighted by molar-refractivity contribution is 6.32. The molecule has 0 amide bonds. The van der Waals surface area contributed by atoms with E-state index >= 15 is 0 Å². The van der Waals surface area contributed by atoms with Gasteiger partial charge < -0.3 is 15.6 Å². The van der Waals surface area contributed by atoms with Crippen molar-refractivity contribution in [3.05, 3.63) is 28.8 Å². The summed E-state index contributed by atoms with van der Waals surface area (Å²) in [7, 11) is 1.58. The number of nitrogens with two attached hydrogens (primary N) is 1. The topological polar surface area (TPSA) is 55.5 Å². The molecule has 1 atom stereocenters. The number of aryl methyl sites for hydroxylation is 1. The molecule has 0 bridgehead atoms. The first-order chi connectivity index (χ1) is 7.17. The van der Waals surface area contributed by atoms with E-state index in [0.29, 0.717) is 23.7 Å². The summed E-state index contributed by atoms with van der Waals surface area (Å²) in [6, 6.07) is 5.62. The van der Waals surface area contributed by atoms with Crippen molar-refractivity contribution in [3.8, 4) is 5.75 Å². The molecule has 0 radical (unpaired) electrons. The SMILES string of the molecule is COc1ccc(CCC(O)CN)cc1Cl. The van der Waals surface area contributed by atoms with Gasteiger partial charge in [0, 0.05) is 6.54 Å². The maximum Gasteiger partial charge on any atom is 0.137 e. The fraction of sp³-hybridized carbons (Fsp3) is 0.455. The van der Waals surface area contributed by atoms with E-state index in [1.54, 1.807) is 7.11 Å². The summed E-state index contributed by atoms with van der Waals surface area (Å²) < 4.78 is 5.05. The van der Waals surface area contributed by atoms with E-state index in [1.165, 1.54) is 0 Å². The molecule has 0 heterocycles. The van der Waals surface area contributed by atoms with E-state index in [9.17, 15) is 5.11 Å². The van der Waals surface area contributed by atoms with Crippen molar-refractivity contribution in [1.82, 2.24) is 0 Å². The third kappa shape index (κ3) is 3.70. The summed E-state index contributed by atoms with van der Waals surface area (Å²) >= 11 is 5.97. The second-order valence-corrected chi connectivity index (χ2v) is 3.80. The van der Waals surface area contributed by atoms with Gasteiger partial charge in [-0.15, -0.1) is 0 Å². The standard InChI is InChI=1S/C11H16ClNO2/c1-15-11-5-3-8(6-10(11)12)2-4-9(14)7-13/h3,5-6,9,14H,2,4,7,13H2,1H3. The first kappa shape index (κ1) is 12.3. The van der Waals surface area contributed by atoms with Gasteiger partial charge in [0.05, 0.1) is 18.2 Å². The molecule has 3 N–H and O–H groups in total. The zero-order valence-corrected chi connectivity index (χ0v) is 9.50. The van der Waals surface area contributed by atoms with Crippen molar-refractivity contribution < 1.29 is 9.84 Å². The van der Waals surface area contributed by atoms with E-state index in [0.717, 1.165) is 12.0 Å². The first-order valence-corrected chi connectivity index (χ1v) is 5.25. The highest BCUT2D eigenvalue weighted by Crippen LogP contribution is 2.25. The number of halogens is 1. The van der Waals surface area contributed by atoms with Gasteiger partial charge in [0.15, 0.2) is 0 Å². The van der Waals surface area contributed by atoms with Crippen LogP contribution in [0.1, 0.15) is 12.0 Å². The smallest absolute Gasteiger partial charge is 0.137 e. The summed E-state index contributed by atoms with van der Waals surface area (Å²) in [4.78, 5) is 0. The molecule has 1 rings (SSSR count). The van der Waals surface area contributed by atoms with Gasteiger partial charge in [-0.2, -0.15) is 0 Å². The lowest BCUT2D eigenvalue weighted by atomic mass is 10.1. The zero-order valence-electron chi connectivity index (χ0n) is 8.74. The van der Waals surface area contributed by atoms with E-state index in [1.807, 2.05) is 18.2 Å². The molecule has 0 aliphatic heterocycles. The van der Waals surface area contributed by atoms with Crippen LogP contribution in [0.3, 0.4) is 0 Å². The van der Waals surface area contributed by atoms with Crippen molar-refractivity contribution in [2.24, 2.45) is 5.73 Å². The minimum absolute atomic E-state index is 0.296. The maximum absolute atomic E-state index is 9.31.